The summed E-state index contributed by atoms with van der Waals surface area (Å²) < 4.78 is 5.85. The maximum absolute atomic E-state index is 12.8. The van der Waals surface area contributed by atoms with Crippen molar-refractivity contribution in [3.8, 4) is 5.75 Å². The summed E-state index contributed by atoms with van der Waals surface area (Å²) in [5.41, 5.74) is 3.80. The lowest BCUT2D eigenvalue weighted by molar-refractivity contribution is -0.126. The minimum atomic E-state index is -0.111. The van der Waals surface area contributed by atoms with Crippen LogP contribution in [-0.4, -0.2) is 66.0 Å². The fraction of sp³-hybridized carbons (Fsp3) is 0.455. The lowest BCUT2D eigenvalue weighted by Crippen LogP contribution is -2.39. The Morgan fingerprint density at radius 3 is 3.07 bits per heavy atom. The van der Waals surface area contributed by atoms with Crippen LogP contribution in [-0.2, 0) is 4.79 Å². The van der Waals surface area contributed by atoms with Gasteiger partial charge >= 0.3 is 0 Å². The first kappa shape index (κ1) is 19.5. The first-order valence-corrected chi connectivity index (χ1v) is 10.1. The third-order valence-corrected chi connectivity index (χ3v) is 5.57. The summed E-state index contributed by atoms with van der Waals surface area (Å²) in [5, 5.41) is 12.8. The minimum Gasteiger partial charge on any atom is -0.493 e. The Hall–Kier alpha value is -2.80. The molecule has 7 nitrogen and oxygen atoms in total. The molecule has 7 heteroatoms. The number of nitrogens with zero attached hydrogens (tertiary/aromatic N) is 3. The molecule has 1 aromatic carbocycles. The van der Waals surface area contributed by atoms with Crippen molar-refractivity contribution in [1.29, 1.82) is 0 Å². The Morgan fingerprint density at radius 2 is 2.28 bits per heavy atom. The molecule has 3 heterocycles. The number of amidine groups is 1. The van der Waals surface area contributed by atoms with Crippen LogP contribution in [0.1, 0.15) is 30.5 Å². The summed E-state index contributed by atoms with van der Waals surface area (Å²) in [6, 6.07) is 6.37. The number of amides is 1. The highest BCUT2D eigenvalue weighted by Gasteiger charge is 2.32. The smallest absolute Gasteiger partial charge is 0.255 e. The average Bonchev–Trinajstić information content (AvgIpc) is 3.08. The van der Waals surface area contributed by atoms with E-state index in [1.54, 1.807) is 7.05 Å². The van der Waals surface area contributed by atoms with Crippen molar-refractivity contribution in [2.24, 2.45) is 4.99 Å². The Morgan fingerprint density at radius 1 is 1.45 bits per heavy atom. The number of rotatable bonds is 5. The summed E-state index contributed by atoms with van der Waals surface area (Å²) in [7, 11) is 1.70. The number of carbonyl (C=O) groups is 1. The van der Waals surface area contributed by atoms with Crippen LogP contribution in [0.15, 0.2) is 46.7 Å². The van der Waals surface area contributed by atoms with E-state index < -0.39 is 0 Å². The first-order chi connectivity index (χ1) is 14.0. The fourth-order valence-electron chi connectivity index (χ4n) is 4.14. The van der Waals surface area contributed by atoms with Gasteiger partial charge in [-0.3, -0.25) is 9.79 Å². The number of aliphatic imine (C=N–C) groups is 1. The van der Waals surface area contributed by atoms with Crippen LogP contribution < -0.4 is 10.1 Å². The van der Waals surface area contributed by atoms with Crippen molar-refractivity contribution in [3.05, 3.63) is 52.9 Å². The highest BCUT2D eigenvalue weighted by molar-refractivity contribution is 6.06. The zero-order chi connectivity index (χ0) is 20.5. The number of hydrogen-bond donors (Lipinski definition) is 2. The van der Waals surface area contributed by atoms with Crippen LogP contribution >= 0.6 is 0 Å². The lowest BCUT2D eigenvalue weighted by atomic mass is 9.95. The largest absolute Gasteiger partial charge is 0.493 e. The van der Waals surface area contributed by atoms with E-state index in [1.807, 2.05) is 29.3 Å². The topological polar surface area (TPSA) is 77.4 Å². The molecule has 3 aliphatic rings. The maximum Gasteiger partial charge on any atom is 0.255 e. The molecule has 0 aromatic heterocycles. The van der Waals surface area contributed by atoms with Crippen molar-refractivity contribution in [1.82, 2.24) is 15.1 Å². The molecule has 0 saturated heterocycles. The quantitative estimate of drug-likeness (QED) is 0.793. The van der Waals surface area contributed by atoms with Crippen molar-refractivity contribution in [2.45, 2.75) is 32.4 Å². The van der Waals surface area contributed by atoms with Crippen LogP contribution in [0.5, 0.6) is 5.75 Å². The summed E-state index contributed by atoms with van der Waals surface area (Å²) in [5.74, 6) is 1.68. The standard InChI is InChI=1S/C22H28N4O3/c1-14-5-4-6-19-20(14)17(7-10-29-19)24-18-11-16(22(28)25(3)8-9-27)13-26-12-15(2)23-21(18)26/h4-6,11,13,15,17,24,27H,7-10,12H2,1-3H3/t15-,17+/m1/s1. The minimum absolute atomic E-state index is 0.0596. The molecule has 0 saturated carbocycles. The van der Waals surface area contributed by atoms with Gasteiger partial charge in [-0.25, -0.2) is 0 Å². The lowest BCUT2D eigenvalue weighted by Gasteiger charge is -2.32. The molecule has 2 atom stereocenters. The van der Waals surface area contributed by atoms with Crippen molar-refractivity contribution >= 4 is 11.7 Å². The molecule has 1 amide bonds. The van der Waals surface area contributed by atoms with Gasteiger partial charge in [0.15, 0.2) is 5.84 Å². The Balaban J connectivity index is 1.66. The molecule has 0 aliphatic carbocycles. The van der Waals surface area contributed by atoms with Crippen LogP contribution in [0.2, 0.25) is 0 Å². The normalized spacial score (nSPS) is 22.6. The van der Waals surface area contributed by atoms with E-state index in [1.165, 1.54) is 10.5 Å². The zero-order valence-electron chi connectivity index (χ0n) is 17.2. The molecule has 154 valence electrons. The zero-order valence-corrected chi connectivity index (χ0v) is 17.2. The van der Waals surface area contributed by atoms with Crippen molar-refractivity contribution in [3.63, 3.8) is 0 Å². The highest BCUT2D eigenvalue weighted by Crippen LogP contribution is 2.36. The van der Waals surface area contributed by atoms with Gasteiger partial charge in [-0.2, -0.15) is 0 Å². The van der Waals surface area contributed by atoms with Crippen LogP contribution in [0.4, 0.5) is 0 Å². The molecular weight excluding hydrogens is 368 g/mol. The second-order valence-corrected chi connectivity index (χ2v) is 7.87. The highest BCUT2D eigenvalue weighted by atomic mass is 16.5. The molecule has 0 fully saturated rings. The average molecular weight is 396 g/mol. The van der Waals surface area contributed by atoms with Gasteiger partial charge in [-0.15, -0.1) is 0 Å². The van der Waals surface area contributed by atoms with E-state index in [0.717, 1.165) is 35.8 Å². The van der Waals surface area contributed by atoms with Gasteiger partial charge in [-0.1, -0.05) is 12.1 Å². The monoisotopic (exact) mass is 396 g/mol. The number of ether oxygens (including phenoxy) is 1. The van der Waals surface area contributed by atoms with Crippen LogP contribution in [0, 0.1) is 6.92 Å². The van der Waals surface area contributed by atoms with Gasteiger partial charge in [-0.05, 0) is 31.6 Å². The van der Waals surface area contributed by atoms with Gasteiger partial charge in [0.25, 0.3) is 5.91 Å². The Bertz CT molecular complexity index is 905. The molecular formula is C22H28N4O3. The molecule has 2 N–H and O–H groups in total. The molecule has 29 heavy (non-hydrogen) atoms. The Labute approximate surface area is 171 Å². The van der Waals surface area contributed by atoms with E-state index in [0.29, 0.717) is 18.7 Å². The predicted octanol–water partition coefficient (Wildman–Crippen LogP) is 1.74. The molecule has 4 rings (SSSR count). The van der Waals surface area contributed by atoms with Crippen LogP contribution in [0.25, 0.3) is 0 Å². The number of benzene rings is 1. The number of hydrogen-bond acceptors (Lipinski definition) is 6. The third-order valence-electron chi connectivity index (χ3n) is 5.57. The fourth-order valence-corrected chi connectivity index (χ4v) is 4.14. The number of fused-ring (bicyclic) bond motifs is 2. The summed E-state index contributed by atoms with van der Waals surface area (Å²) in [6.07, 6.45) is 4.60. The van der Waals surface area contributed by atoms with E-state index in [2.05, 4.69) is 25.2 Å². The number of carbonyl (C=O) groups excluding carboxylic acids is 1. The van der Waals surface area contributed by atoms with Gasteiger partial charge < -0.3 is 25.0 Å². The van der Waals surface area contributed by atoms with Gasteiger partial charge in [0.05, 0.1) is 36.6 Å². The number of nitrogens with one attached hydrogen (secondary N) is 1. The number of aliphatic hydroxyl groups is 1. The summed E-state index contributed by atoms with van der Waals surface area (Å²) in [4.78, 5) is 21.2. The molecule has 0 bridgehead atoms. The number of aryl methyl sites for hydroxylation is 1. The van der Waals surface area contributed by atoms with Crippen molar-refractivity contribution in [2.75, 3.05) is 33.4 Å². The Kier molecular flexibility index (Phi) is 5.32. The van der Waals surface area contributed by atoms with E-state index in [4.69, 9.17) is 9.73 Å². The van der Waals surface area contributed by atoms with E-state index in [9.17, 15) is 9.90 Å². The van der Waals surface area contributed by atoms with E-state index >= 15 is 0 Å². The van der Waals surface area contributed by atoms with E-state index in [-0.39, 0.29) is 24.6 Å². The molecule has 0 radical (unpaired) electrons. The molecule has 3 aliphatic heterocycles. The van der Waals surface area contributed by atoms with Gasteiger partial charge in [0.2, 0.25) is 0 Å². The molecule has 1 aromatic rings. The molecule has 0 spiro atoms. The van der Waals surface area contributed by atoms with Gasteiger partial charge in [0.1, 0.15) is 5.75 Å². The van der Waals surface area contributed by atoms with Crippen molar-refractivity contribution < 1.29 is 14.6 Å². The third kappa shape index (κ3) is 3.74. The second kappa shape index (κ2) is 7.91. The molecule has 0 unspecified atom stereocenters. The number of likely N-dealkylation sites (N-methyl/N-ethyl adjacent to an activating group) is 1. The first-order valence-electron chi connectivity index (χ1n) is 10.1. The maximum atomic E-state index is 12.8. The SMILES string of the molecule is Cc1cccc2c1[C@@H](NC1=CC(C(=O)N(C)CCO)=CN3C[C@@H](C)N=C13)CCO2. The summed E-state index contributed by atoms with van der Waals surface area (Å²) >= 11 is 0. The second-order valence-electron chi connectivity index (χ2n) is 7.87. The van der Waals surface area contributed by atoms with Crippen LogP contribution in [0.3, 0.4) is 0 Å². The predicted molar refractivity (Wildman–Crippen MR) is 112 cm³/mol. The number of aliphatic hydroxyl groups excluding tert-OH is 1. The summed E-state index contributed by atoms with van der Waals surface area (Å²) in [6.45, 7) is 5.81. The van der Waals surface area contributed by atoms with Gasteiger partial charge in [0, 0.05) is 38.3 Å².